The van der Waals surface area contributed by atoms with Crippen molar-refractivity contribution in [3.8, 4) is 0 Å². The standard InChI is InChI=1S/C33H57NO3/c1-3-5-7-9-11-13-14-15-16-17-18-19-20-21-23-25-27-29-33(37)34-31(30-35)32(36)28-26-24-22-12-10-8-6-4-2/h5,7,11,13,15-16,18-19,26,28,31-32,35-36H,3-4,6,8-10,12,14,17,20-25,27,29-30H2,1-2H3,(H,34,37)/b7-5-,13-11-,16-15-,19-18-,28-26+. The number of nitrogens with one attached hydrogen (secondary N) is 1. The molecule has 4 heteroatoms. The molecule has 0 heterocycles. The van der Waals surface area contributed by atoms with Crippen molar-refractivity contribution in [3.05, 3.63) is 60.8 Å². The number of carbonyl (C=O) groups is 1. The summed E-state index contributed by atoms with van der Waals surface area (Å²) in [5.41, 5.74) is 0. The first kappa shape index (κ1) is 35.1. The molecule has 1 amide bonds. The van der Waals surface area contributed by atoms with E-state index in [1.54, 1.807) is 6.08 Å². The molecule has 0 radical (unpaired) electrons. The molecule has 0 rings (SSSR count). The minimum absolute atomic E-state index is 0.0959. The largest absolute Gasteiger partial charge is 0.394 e. The zero-order valence-corrected chi connectivity index (χ0v) is 24.0. The maximum absolute atomic E-state index is 12.2. The molecule has 0 aliphatic rings. The van der Waals surface area contributed by atoms with Gasteiger partial charge in [0.05, 0.1) is 18.8 Å². The van der Waals surface area contributed by atoms with Gasteiger partial charge in [-0.1, -0.05) is 120 Å². The summed E-state index contributed by atoms with van der Waals surface area (Å²) in [5, 5.41) is 22.6. The van der Waals surface area contributed by atoms with Gasteiger partial charge in [0.15, 0.2) is 0 Å². The van der Waals surface area contributed by atoms with E-state index in [1.807, 2.05) is 6.08 Å². The minimum atomic E-state index is -0.847. The summed E-state index contributed by atoms with van der Waals surface area (Å²) in [6, 6.07) is -0.633. The lowest BCUT2D eigenvalue weighted by Gasteiger charge is -2.20. The number of hydrogen-bond acceptors (Lipinski definition) is 3. The molecule has 37 heavy (non-hydrogen) atoms. The molecule has 2 unspecified atom stereocenters. The Bertz CT molecular complexity index is 648. The van der Waals surface area contributed by atoms with Crippen molar-refractivity contribution in [1.29, 1.82) is 0 Å². The highest BCUT2D eigenvalue weighted by molar-refractivity contribution is 5.76. The highest BCUT2D eigenvalue weighted by atomic mass is 16.3. The molecular weight excluding hydrogens is 458 g/mol. The van der Waals surface area contributed by atoms with E-state index in [2.05, 4.69) is 67.8 Å². The first-order valence-corrected chi connectivity index (χ1v) is 15.0. The fraction of sp³-hybridized carbons (Fsp3) is 0.667. The summed E-state index contributed by atoms with van der Waals surface area (Å²) >= 11 is 0. The lowest BCUT2D eigenvalue weighted by atomic mass is 10.1. The SMILES string of the molecule is CC/C=C\C/C=C\C/C=C\C/C=C\CCCCCCC(=O)NC(CO)C(O)/C=C/CCCCCCCC. The Morgan fingerprint density at radius 2 is 1.19 bits per heavy atom. The van der Waals surface area contributed by atoms with Crippen LogP contribution in [0.15, 0.2) is 60.8 Å². The summed E-state index contributed by atoms with van der Waals surface area (Å²) in [5.74, 6) is -0.0959. The molecule has 0 aliphatic heterocycles. The zero-order chi connectivity index (χ0) is 27.2. The number of unbranched alkanes of at least 4 members (excludes halogenated alkanes) is 10. The van der Waals surface area contributed by atoms with Crippen LogP contribution in [0.2, 0.25) is 0 Å². The van der Waals surface area contributed by atoms with Crippen molar-refractivity contribution in [2.24, 2.45) is 0 Å². The van der Waals surface area contributed by atoms with Gasteiger partial charge in [-0.15, -0.1) is 0 Å². The van der Waals surface area contributed by atoms with E-state index in [0.717, 1.165) is 70.6 Å². The summed E-state index contributed by atoms with van der Waals surface area (Å²) in [4.78, 5) is 12.2. The Labute approximate surface area is 228 Å². The number of allylic oxidation sites excluding steroid dienone is 9. The van der Waals surface area contributed by atoms with Gasteiger partial charge in [0, 0.05) is 6.42 Å². The van der Waals surface area contributed by atoms with E-state index in [4.69, 9.17) is 0 Å². The highest BCUT2D eigenvalue weighted by Gasteiger charge is 2.17. The summed E-state index contributed by atoms with van der Waals surface area (Å²) in [6.07, 6.45) is 38.6. The van der Waals surface area contributed by atoms with Gasteiger partial charge in [-0.2, -0.15) is 0 Å². The Kier molecular flexibility index (Phi) is 27.2. The first-order valence-electron chi connectivity index (χ1n) is 15.0. The highest BCUT2D eigenvalue weighted by Crippen LogP contribution is 2.09. The molecule has 4 nitrogen and oxygen atoms in total. The third-order valence-corrected chi connectivity index (χ3v) is 6.26. The predicted molar refractivity (Wildman–Crippen MR) is 161 cm³/mol. The third kappa shape index (κ3) is 25.5. The van der Waals surface area contributed by atoms with Gasteiger partial charge in [-0.05, 0) is 57.8 Å². The molecule has 0 spiro atoms. The molecule has 2 atom stereocenters. The summed E-state index contributed by atoms with van der Waals surface area (Å²) in [7, 11) is 0. The smallest absolute Gasteiger partial charge is 0.220 e. The fourth-order valence-electron chi connectivity index (χ4n) is 3.93. The van der Waals surface area contributed by atoms with Crippen LogP contribution < -0.4 is 5.32 Å². The maximum Gasteiger partial charge on any atom is 0.220 e. The van der Waals surface area contributed by atoms with Crippen LogP contribution in [-0.2, 0) is 4.79 Å². The topological polar surface area (TPSA) is 69.6 Å². The molecule has 0 aromatic carbocycles. The van der Waals surface area contributed by atoms with Crippen molar-refractivity contribution >= 4 is 5.91 Å². The summed E-state index contributed by atoms with van der Waals surface area (Å²) < 4.78 is 0. The molecule has 0 aromatic heterocycles. The van der Waals surface area contributed by atoms with Gasteiger partial charge in [0.1, 0.15) is 0 Å². The monoisotopic (exact) mass is 515 g/mol. The van der Waals surface area contributed by atoms with Crippen LogP contribution in [0.25, 0.3) is 0 Å². The first-order chi connectivity index (χ1) is 18.2. The van der Waals surface area contributed by atoms with Gasteiger partial charge >= 0.3 is 0 Å². The number of carbonyl (C=O) groups excluding carboxylic acids is 1. The van der Waals surface area contributed by atoms with Crippen LogP contribution in [0.5, 0.6) is 0 Å². The fourth-order valence-corrected chi connectivity index (χ4v) is 3.93. The number of rotatable bonds is 25. The van der Waals surface area contributed by atoms with Gasteiger partial charge in [-0.3, -0.25) is 4.79 Å². The van der Waals surface area contributed by atoms with E-state index < -0.39 is 12.1 Å². The third-order valence-electron chi connectivity index (χ3n) is 6.26. The Hall–Kier alpha value is -1.91. The molecule has 0 fully saturated rings. The van der Waals surface area contributed by atoms with Gasteiger partial charge in [-0.25, -0.2) is 0 Å². The number of amides is 1. The summed E-state index contributed by atoms with van der Waals surface area (Å²) in [6.45, 7) is 4.11. The van der Waals surface area contributed by atoms with E-state index in [9.17, 15) is 15.0 Å². The van der Waals surface area contributed by atoms with Gasteiger partial charge in [0.25, 0.3) is 0 Å². The van der Waals surface area contributed by atoms with Crippen molar-refractivity contribution in [2.45, 2.75) is 135 Å². The van der Waals surface area contributed by atoms with E-state index in [-0.39, 0.29) is 12.5 Å². The molecule has 212 valence electrons. The van der Waals surface area contributed by atoms with Crippen molar-refractivity contribution in [3.63, 3.8) is 0 Å². The van der Waals surface area contributed by atoms with Gasteiger partial charge in [0.2, 0.25) is 5.91 Å². The lowest BCUT2D eigenvalue weighted by Crippen LogP contribution is -2.45. The van der Waals surface area contributed by atoms with Gasteiger partial charge < -0.3 is 15.5 Å². The van der Waals surface area contributed by atoms with Crippen LogP contribution in [0, 0.1) is 0 Å². The van der Waals surface area contributed by atoms with Crippen molar-refractivity contribution in [1.82, 2.24) is 5.32 Å². The normalized spacial score (nSPS) is 14.2. The molecule has 3 N–H and O–H groups in total. The molecule has 0 bridgehead atoms. The average molecular weight is 516 g/mol. The van der Waals surface area contributed by atoms with Crippen LogP contribution in [0.1, 0.15) is 123 Å². The number of aliphatic hydroxyl groups excluding tert-OH is 2. The molecule has 0 saturated carbocycles. The minimum Gasteiger partial charge on any atom is -0.394 e. The predicted octanol–water partition coefficient (Wildman–Crippen LogP) is 8.28. The number of aliphatic hydroxyl groups is 2. The van der Waals surface area contributed by atoms with E-state index in [1.165, 1.54) is 32.1 Å². The van der Waals surface area contributed by atoms with Crippen LogP contribution in [0.3, 0.4) is 0 Å². The number of hydrogen-bond donors (Lipinski definition) is 3. The van der Waals surface area contributed by atoms with Crippen LogP contribution >= 0.6 is 0 Å². The molecule has 0 aromatic rings. The average Bonchev–Trinajstić information content (AvgIpc) is 2.90. The Morgan fingerprint density at radius 3 is 1.78 bits per heavy atom. The lowest BCUT2D eigenvalue weighted by molar-refractivity contribution is -0.123. The van der Waals surface area contributed by atoms with E-state index in [0.29, 0.717) is 6.42 Å². The molecular formula is C33H57NO3. The quantitative estimate of drug-likeness (QED) is 0.0846. The van der Waals surface area contributed by atoms with E-state index >= 15 is 0 Å². The second-order valence-electron chi connectivity index (χ2n) is 9.79. The van der Waals surface area contributed by atoms with Crippen molar-refractivity contribution < 1.29 is 15.0 Å². The second-order valence-corrected chi connectivity index (χ2v) is 9.79. The second kappa shape index (κ2) is 28.7. The van der Waals surface area contributed by atoms with Crippen LogP contribution in [-0.4, -0.2) is 34.9 Å². The van der Waals surface area contributed by atoms with Crippen molar-refractivity contribution in [2.75, 3.05) is 6.61 Å². The zero-order valence-electron chi connectivity index (χ0n) is 24.0. The maximum atomic E-state index is 12.2. The Balaban J connectivity index is 3.76. The molecule has 0 aliphatic carbocycles. The Morgan fingerprint density at radius 1 is 0.676 bits per heavy atom. The van der Waals surface area contributed by atoms with Crippen LogP contribution in [0.4, 0.5) is 0 Å². The molecule has 0 saturated heterocycles.